The molecule has 0 spiro atoms. The summed E-state index contributed by atoms with van der Waals surface area (Å²) in [4.78, 5) is 28.1. The highest BCUT2D eigenvalue weighted by molar-refractivity contribution is 6.06. The Morgan fingerprint density at radius 2 is 1.77 bits per heavy atom. The van der Waals surface area contributed by atoms with Gasteiger partial charge in [-0.05, 0) is 24.3 Å². The highest BCUT2D eigenvalue weighted by atomic mass is 16.2. The molecule has 26 heavy (non-hydrogen) atoms. The number of aromatic amines is 1. The molecule has 0 bridgehead atoms. The van der Waals surface area contributed by atoms with Gasteiger partial charge in [-0.25, -0.2) is 0 Å². The molecule has 0 atom stereocenters. The minimum atomic E-state index is -0.375. The number of rotatable bonds is 6. The highest BCUT2D eigenvalue weighted by Crippen LogP contribution is 2.20. The summed E-state index contributed by atoms with van der Waals surface area (Å²) in [6.45, 7) is 3.90. The van der Waals surface area contributed by atoms with Gasteiger partial charge in [-0.15, -0.1) is 6.58 Å². The van der Waals surface area contributed by atoms with Crippen LogP contribution < -0.4 is 10.6 Å². The molecule has 1 aromatic heterocycles. The van der Waals surface area contributed by atoms with Crippen molar-refractivity contribution in [1.82, 2.24) is 15.6 Å². The molecule has 5 heteroatoms. The minimum absolute atomic E-state index is 0.172. The van der Waals surface area contributed by atoms with Crippen molar-refractivity contribution in [3.8, 4) is 0 Å². The number of carbonyl (C=O) groups excluding carboxylic acids is 2. The van der Waals surface area contributed by atoms with Crippen molar-refractivity contribution in [3.63, 3.8) is 0 Å². The number of fused-ring (bicyclic) bond motifs is 1. The number of hydrogen-bond acceptors (Lipinski definition) is 2. The summed E-state index contributed by atoms with van der Waals surface area (Å²) >= 11 is 0. The highest BCUT2D eigenvalue weighted by Gasteiger charge is 2.15. The van der Waals surface area contributed by atoms with Gasteiger partial charge in [0.05, 0.1) is 0 Å². The molecule has 0 unspecified atom stereocenters. The SMILES string of the molecule is C=CCNC(=O)/C(=C/c1c[nH]c2ccccc12)NC(=O)c1ccccc1. The van der Waals surface area contributed by atoms with Crippen LogP contribution in [-0.2, 0) is 4.79 Å². The third kappa shape index (κ3) is 3.89. The molecular formula is C21H19N3O2. The number of aromatic nitrogens is 1. The molecule has 130 valence electrons. The molecule has 0 saturated carbocycles. The molecule has 0 aliphatic carbocycles. The molecule has 0 saturated heterocycles. The van der Waals surface area contributed by atoms with Gasteiger partial charge in [0, 0.05) is 34.8 Å². The topological polar surface area (TPSA) is 74.0 Å². The summed E-state index contributed by atoms with van der Waals surface area (Å²) < 4.78 is 0. The van der Waals surface area contributed by atoms with E-state index >= 15 is 0 Å². The Labute approximate surface area is 151 Å². The maximum absolute atomic E-state index is 12.5. The monoisotopic (exact) mass is 345 g/mol. The number of hydrogen-bond donors (Lipinski definition) is 3. The van der Waals surface area contributed by atoms with E-state index in [-0.39, 0.29) is 17.5 Å². The Balaban J connectivity index is 1.93. The van der Waals surface area contributed by atoms with Gasteiger partial charge in [0.15, 0.2) is 0 Å². The quantitative estimate of drug-likeness (QED) is 0.474. The van der Waals surface area contributed by atoms with Crippen molar-refractivity contribution in [1.29, 1.82) is 0 Å². The fourth-order valence-electron chi connectivity index (χ4n) is 2.57. The second-order valence-corrected chi connectivity index (χ2v) is 5.67. The third-order valence-corrected chi connectivity index (χ3v) is 3.86. The van der Waals surface area contributed by atoms with Gasteiger partial charge in [-0.2, -0.15) is 0 Å². The van der Waals surface area contributed by atoms with E-state index in [4.69, 9.17) is 0 Å². The number of amides is 2. The van der Waals surface area contributed by atoms with Crippen molar-refractivity contribution >= 4 is 28.8 Å². The lowest BCUT2D eigenvalue weighted by atomic mass is 10.1. The zero-order chi connectivity index (χ0) is 18.4. The molecule has 0 fully saturated rings. The summed E-state index contributed by atoms with van der Waals surface area (Å²) in [5.41, 5.74) is 2.43. The molecule has 3 rings (SSSR count). The fourth-order valence-corrected chi connectivity index (χ4v) is 2.57. The molecular weight excluding hydrogens is 326 g/mol. The van der Waals surface area contributed by atoms with E-state index in [0.717, 1.165) is 16.5 Å². The van der Waals surface area contributed by atoms with Crippen LogP contribution in [0.2, 0.25) is 0 Å². The number of para-hydroxylation sites is 1. The summed E-state index contributed by atoms with van der Waals surface area (Å²) in [7, 11) is 0. The van der Waals surface area contributed by atoms with Crippen LogP contribution in [-0.4, -0.2) is 23.3 Å². The third-order valence-electron chi connectivity index (χ3n) is 3.86. The summed E-state index contributed by atoms with van der Waals surface area (Å²) in [6.07, 6.45) is 5.05. The maximum Gasteiger partial charge on any atom is 0.268 e. The van der Waals surface area contributed by atoms with Crippen LogP contribution in [0.5, 0.6) is 0 Å². The molecule has 2 aromatic carbocycles. The van der Waals surface area contributed by atoms with Crippen LogP contribution in [0.15, 0.2) is 79.1 Å². The van der Waals surface area contributed by atoms with E-state index in [9.17, 15) is 9.59 Å². The van der Waals surface area contributed by atoms with E-state index in [2.05, 4.69) is 22.2 Å². The van der Waals surface area contributed by atoms with Crippen LogP contribution in [0.4, 0.5) is 0 Å². The summed E-state index contributed by atoms with van der Waals surface area (Å²) in [5, 5.41) is 6.37. The van der Waals surface area contributed by atoms with E-state index in [1.807, 2.05) is 30.3 Å². The first-order valence-corrected chi connectivity index (χ1v) is 8.22. The largest absolute Gasteiger partial charge is 0.361 e. The lowest BCUT2D eigenvalue weighted by Crippen LogP contribution is -2.34. The van der Waals surface area contributed by atoms with Crippen molar-refractivity contribution in [2.75, 3.05) is 6.54 Å². The van der Waals surface area contributed by atoms with Crippen LogP contribution in [0.3, 0.4) is 0 Å². The first-order valence-electron chi connectivity index (χ1n) is 8.22. The van der Waals surface area contributed by atoms with E-state index in [1.165, 1.54) is 0 Å². The predicted molar refractivity (Wildman–Crippen MR) is 103 cm³/mol. The number of nitrogens with one attached hydrogen (secondary N) is 3. The van der Waals surface area contributed by atoms with Crippen molar-refractivity contribution in [3.05, 3.63) is 90.3 Å². The number of benzene rings is 2. The Hall–Kier alpha value is -3.60. The standard InChI is InChI=1S/C21H19N3O2/c1-2-12-22-21(26)19(24-20(25)15-8-4-3-5-9-15)13-16-14-23-18-11-7-6-10-17(16)18/h2-11,13-14,23H,1,12H2,(H,22,26)(H,24,25)/b19-13-. The second-order valence-electron chi connectivity index (χ2n) is 5.67. The average Bonchev–Trinajstić information content (AvgIpc) is 3.09. The number of carbonyl (C=O) groups is 2. The van der Waals surface area contributed by atoms with Crippen molar-refractivity contribution < 1.29 is 9.59 Å². The normalized spacial score (nSPS) is 11.2. The van der Waals surface area contributed by atoms with Gasteiger partial charge >= 0.3 is 0 Å². The molecule has 0 aliphatic heterocycles. The predicted octanol–water partition coefficient (Wildman–Crippen LogP) is 3.24. The average molecular weight is 345 g/mol. The molecule has 1 heterocycles. The van der Waals surface area contributed by atoms with E-state index in [0.29, 0.717) is 12.1 Å². The molecule has 2 amide bonds. The smallest absolute Gasteiger partial charge is 0.268 e. The Bertz CT molecular complexity index is 971. The maximum atomic E-state index is 12.5. The summed E-state index contributed by atoms with van der Waals surface area (Å²) in [6, 6.07) is 16.5. The number of H-pyrrole nitrogens is 1. The lowest BCUT2D eigenvalue weighted by Gasteiger charge is -2.10. The first-order chi connectivity index (χ1) is 12.7. The van der Waals surface area contributed by atoms with Crippen molar-refractivity contribution in [2.45, 2.75) is 0 Å². The van der Waals surface area contributed by atoms with Gasteiger partial charge in [0.25, 0.3) is 11.8 Å². The lowest BCUT2D eigenvalue weighted by molar-refractivity contribution is -0.117. The van der Waals surface area contributed by atoms with Crippen LogP contribution >= 0.6 is 0 Å². The minimum Gasteiger partial charge on any atom is -0.361 e. The zero-order valence-corrected chi connectivity index (χ0v) is 14.2. The zero-order valence-electron chi connectivity index (χ0n) is 14.2. The Morgan fingerprint density at radius 1 is 1.04 bits per heavy atom. The van der Waals surface area contributed by atoms with Gasteiger partial charge < -0.3 is 15.6 Å². The van der Waals surface area contributed by atoms with Crippen LogP contribution in [0.1, 0.15) is 15.9 Å². The van der Waals surface area contributed by atoms with Crippen LogP contribution in [0.25, 0.3) is 17.0 Å². The van der Waals surface area contributed by atoms with Crippen LogP contribution in [0, 0.1) is 0 Å². The Kier molecular flexibility index (Phi) is 5.29. The van der Waals surface area contributed by atoms with Gasteiger partial charge in [-0.3, -0.25) is 9.59 Å². The van der Waals surface area contributed by atoms with Crippen molar-refractivity contribution in [2.24, 2.45) is 0 Å². The molecule has 3 N–H and O–H groups in total. The first kappa shape index (κ1) is 17.2. The Morgan fingerprint density at radius 3 is 2.54 bits per heavy atom. The van der Waals surface area contributed by atoms with Gasteiger partial charge in [0.1, 0.15) is 5.70 Å². The fraction of sp³-hybridized carbons (Fsp3) is 0.0476. The molecule has 3 aromatic rings. The van der Waals surface area contributed by atoms with Gasteiger partial charge in [-0.1, -0.05) is 42.5 Å². The summed E-state index contributed by atoms with van der Waals surface area (Å²) in [5.74, 6) is -0.718. The second kappa shape index (κ2) is 7.98. The van der Waals surface area contributed by atoms with E-state index in [1.54, 1.807) is 42.6 Å². The van der Waals surface area contributed by atoms with E-state index < -0.39 is 0 Å². The molecule has 5 nitrogen and oxygen atoms in total. The van der Waals surface area contributed by atoms with Gasteiger partial charge in [0.2, 0.25) is 0 Å². The molecule has 0 aliphatic rings. The molecule has 0 radical (unpaired) electrons.